The van der Waals surface area contributed by atoms with E-state index in [0.717, 1.165) is 0 Å². The van der Waals surface area contributed by atoms with Gasteiger partial charge in [-0.2, -0.15) is 0 Å². The Hall–Kier alpha value is -1.16. The average Bonchev–Trinajstić information content (AvgIpc) is 2.29. The summed E-state index contributed by atoms with van der Waals surface area (Å²) in [4.78, 5) is 10.9. The zero-order valence-electron chi connectivity index (χ0n) is 10.8. The van der Waals surface area contributed by atoms with Gasteiger partial charge in [-0.3, -0.25) is 9.36 Å². The molecule has 1 N–H and O–H groups in total. The molecule has 1 aromatic rings. The lowest BCUT2D eigenvalue weighted by Gasteiger charge is -2.17. The molecule has 100 valence electrons. The molecule has 0 fully saturated rings. The molecule has 18 heavy (non-hydrogen) atoms. The minimum Gasteiger partial charge on any atom is -0.326 e. The first-order valence-corrected chi connectivity index (χ1v) is 7.33. The lowest BCUT2D eigenvalue weighted by molar-refractivity contribution is -0.114. The third kappa shape index (κ3) is 3.95. The van der Waals surface area contributed by atoms with Crippen LogP contribution in [0.3, 0.4) is 0 Å². The van der Waals surface area contributed by atoms with Gasteiger partial charge in [0.15, 0.2) is 0 Å². The molecule has 1 amide bonds. The lowest BCUT2D eigenvalue weighted by atomic mass is 10.3. The van der Waals surface area contributed by atoms with Crippen molar-refractivity contribution in [1.82, 2.24) is 0 Å². The van der Waals surface area contributed by atoms with Crippen molar-refractivity contribution in [2.24, 2.45) is 0 Å². The number of carbonyl (C=O) groups is 1. The number of carbonyl (C=O) groups excluding carboxylic acids is 1. The number of anilines is 1. The fraction of sp³-hybridized carbons (Fsp3) is 0.417. The summed E-state index contributed by atoms with van der Waals surface area (Å²) in [6.07, 6.45) is 0. The van der Waals surface area contributed by atoms with Gasteiger partial charge in [-0.15, -0.1) is 0 Å². The third-order valence-corrected chi connectivity index (χ3v) is 4.23. The molecule has 0 bridgehead atoms. The molecule has 0 aliphatic rings. The van der Waals surface area contributed by atoms with Crippen molar-refractivity contribution in [2.75, 3.05) is 18.5 Å². The van der Waals surface area contributed by atoms with E-state index in [9.17, 15) is 9.36 Å². The topological polar surface area (TPSA) is 64.6 Å². The second kappa shape index (κ2) is 6.69. The maximum Gasteiger partial charge on any atom is 0.361 e. The molecule has 1 aromatic carbocycles. The van der Waals surface area contributed by atoms with Crippen molar-refractivity contribution in [3.8, 4) is 0 Å². The van der Waals surface area contributed by atoms with Gasteiger partial charge < -0.3 is 14.4 Å². The summed E-state index contributed by atoms with van der Waals surface area (Å²) in [6, 6.07) is 6.61. The van der Waals surface area contributed by atoms with Crippen LogP contribution in [0.5, 0.6) is 0 Å². The standard InChI is InChI=1S/C12H18NO4P/c1-4-16-18(15,17-5-2)12-8-6-11(7-9-12)13-10(3)14/h6-9H,4-5H2,1-3H3,(H,13,14). The maximum atomic E-state index is 12.4. The van der Waals surface area contributed by atoms with Crippen LogP contribution in [0.25, 0.3) is 0 Å². The highest BCUT2D eigenvalue weighted by atomic mass is 31.2. The Labute approximate surface area is 107 Å². The van der Waals surface area contributed by atoms with Gasteiger partial charge in [0.25, 0.3) is 0 Å². The molecule has 5 nitrogen and oxygen atoms in total. The van der Waals surface area contributed by atoms with Crippen LogP contribution < -0.4 is 10.6 Å². The molecule has 0 heterocycles. The van der Waals surface area contributed by atoms with E-state index >= 15 is 0 Å². The summed E-state index contributed by atoms with van der Waals surface area (Å²) in [5, 5.41) is 3.12. The molecule has 0 aromatic heterocycles. The highest BCUT2D eigenvalue weighted by Crippen LogP contribution is 2.46. The number of hydrogen-bond donors (Lipinski definition) is 1. The second-order valence-electron chi connectivity index (χ2n) is 3.56. The van der Waals surface area contributed by atoms with Crippen LogP contribution in [0, 0.1) is 0 Å². The minimum absolute atomic E-state index is 0.152. The molecular weight excluding hydrogens is 253 g/mol. The number of nitrogens with one attached hydrogen (secondary N) is 1. The van der Waals surface area contributed by atoms with E-state index in [-0.39, 0.29) is 5.91 Å². The van der Waals surface area contributed by atoms with Gasteiger partial charge in [0.1, 0.15) is 0 Å². The molecule has 0 saturated heterocycles. The average molecular weight is 271 g/mol. The summed E-state index contributed by atoms with van der Waals surface area (Å²) < 4.78 is 22.9. The van der Waals surface area contributed by atoms with E-state index in [1.165, 1.54) is 6.92 Å². The van der Waals surface area contributed by atoms with Crippen molar-refractivity contribution in [2.45, 2.75) is 20.8 Å². The number of hydrogen-bond acceptors (Lipinski definition) is 4. The number of rotatable bonds is 6. The van der Waals surface area contributed by atoms with Crippen molar-refractivity contribution in [3.63, 3.8) is 0 Å². The van der Waals surface area contributed by atoms with E-state index in [1.807, 2.05) is 0 Å². The van der Waals surface area contributed by atoms with Crippen molar-refractivity contribution in [3.05, 3.63) is 24.3 Å². The lowest BCUT2D eigenvalue weighted by Crippen LogP contribution is -2.12. The molecular formula is C12H18NO4P. The molecule has 0 saturated carbocycles. The molecule has 0 spiro atoms. The molecule has 0 aliphatic carbocycles. The zero-order valence-corrected chi connectivity index (χ0v) is 11.7. The molecule has 6 heteroatoms. The van der Waals surface area contributed by atoms with E-state index in [2.05, 4.69) is 5.32 Å². The fourth-order valence-corrected chi connectivity index (χ4v) is 3.02. The molecule has 0 atom stereocenters. The summed E-state index contributed by atoms with van der Waals surface area (Å²) in [7, 11) is -3.24. The Morgan fingerprint density at radius 2 is 1.67 bits per heavy atom. The monoisotopic (exact) mass is 271 g/mol. The predicted octanol–water partition coefficient (Wildman–Crippen LogP) is 2.54. The Kier molecular flexibility index (Phi) is 5.54. The molecule has 0 unspecified atom stereocenters. The predicted molar refractivity (Wildman–Crippen MR) is 71.2 cm³/mol. The highest BCUT2D eigenvalue weighted by molar-refractivity contribution is 7.62. The van der Waals surface area contributed by atoms with Gasteiger partial charge >= 0.3 is 7.60 Å². The van der Waals surface area contributed by atoms with E-state index in [1.54, 1.807) is 38.1 Å². The van der Waals surface area contributed by atoms with Crippen molar-refractivity contribution < 1.29 is 18.4 Å². The van der Waals surface area contributed by atoms with E-state index in [4.69, 9.17) is 9.05 Å². The highest BCUT2D eigenvalue weighted by Gasteiger charge is 2.26. The smallest absolute Gasteiger partial charge is 0.326 e. The first-order valence-electron chi connectivity index (χ1n) is 5.79. The fourth-order valence-electron chi connectivity index (χ4n) is 1.46. The van der Waals surface area contributed by atoms with Crippen LogP contribution in [0.15, 0.2) is 24.3 Å². The molecule has 0 aliphatic heterocycles. The molecule has 0 radical (unpaired) electrons. The SMILES string of the molecule is CCOP(=O)(OCC)c1ccc(NC(C)=O)cc1. The van der Waals surface area contributed by atoms with Gasteiger partial charge in [0, 0.05) is 12.6 Å². The van der Waals surface area contributed by atoms with Crippen LogP contribution in [-0.2, 0) is 18.4 Å². The van der Waals surface area contributed by atoms with Crippen LogP contribution >= 0.6 is 7.60 Å². The quantitative estimate of drug-likeness (QED) is 0.807. The Morgan fingerprint density at radius 3 is 2.06 bits per heavy atom. The van der Waals surface area contributed by atoms with Gasteiger partial charge in [0.05, 0.1) is 18.5 Å². The Bertz CT molecular complexity index is 434. The Morgan fingerprint density at radius 1 is 1.17 bits per heavy atom. The van der Waals surface area contributed by atoms with Crippen LogP contribution in [0.1, 0.15) is 20.8 Å². The van der Waals surface area contributed by atoms with Crippen molar-refractivity contribution in [1.29, 1.82) is 0 Å². The van der Waals surface area contributed by atoms with Gasteiger partial charge in [0.2, 0.25) is 5.91 Å². The van der Waals surface area contributed by atoms with Crippen LogP contribution in [0.4, 0.5) is 5.69 Å². The third-order valence-electron chi connectivity index (χ3n) is 2.10. The van der Waals surface area contributed by atoms with Gasteiger partial charge in [-0.1, -0.05) is 0 Å². The Balaban J connectivity index is 2.93. The number of benzene rings is 1. The van der Waals surface area contributed by atoms with Crippen LogP contribution in [-0.4, -0.2) is 19.1 Å². The molecule has 1 rings (SSSR count). The summed E-state index contributed by atoms with van der Waals surface area (Å²) >= 11 is 0. The normalized spacial score (nSPS) is 11.3. The van der Waals surface area contributed by atoms with E-state index < -0.39 is 7.60 Å². The maximum absolute atomic E-state index is 12.4. The van der Waals surface area contributed by atoms with Gasteiger partial charge in [-0.25, -0.2) is 0 Å². The first kappa shape index (κ1) is 14.9. The number of amides is 1. The van der Waals surface area contributed by atoms with Crippen LogP contribution in [0.2, 0.25) is 0 Å². The largest absolute Gasteiger partial charge is 0.361 e. The second-order valence-corrected chi connectivity index (χ2v) is 5.59. The van der Waals surface area contributed by atoms with E-state index in [0.29, 0.717) is 24.2 Å². The zero-order chi connectivity index (χ0) is 13.6. The minimum atomic E-state index is -3.24. The summed E-state index contributed by atoms with van der Waals surface area (Å²) in [5.74, 6) is -0.152. The first-order chi connectivity index (χ1) is 8.51. The van der Waals surface area contributed by atoms with Gasteiger partial charge in [-0.05, 0) is 38.1 Å². The summed E-state index contributed by atoms with van der Waals surface area (Å²) in [6.45, 7) is 5.57. The summed E-state index contributed by atoms with van der Waals surface area (Å²) in [5.41, 5.74) is 0.644. The van der Waals surface area contributed by atoms with Crippen molar-refractivity contribution >= 4 is 24.5 Å².